The van der Waals surface area contributed by atoms with Gasteiger partial charge in [0, 0.05) is 29.6 Å². The van der Waals surface area contributed by atoms with Crippen molar-refractivity contribution in [3.8, 4) is 0 Å². The Balaban J connectivity index is 3.39. The number of nitrogens with zero attached hydrogens (tertiary/aromatic N) is 2. The molecule has 1 heterocycles. The SMILES string of the molecule is C=Cn1cc(C(C)(C)C)nc1/C(=C\C=N)C(C)(C)CCCN. The first-order valence-corrected chi connectivity index (χ1v) is 7.81. The molecule has 3 N–H and O–H groups in total. The van der Waals surface area contributed by atoms with E-state index in [1.54, 1.807) is 6.20 Å². The highest BCUT2D eigenvalue weighted by atomic mass is 15.1. The summed E-state index contributed by atoms with van der Waals surface area (Å²) in [6, 6.07) is 0. The van der Waals surface area contributed by atoms with Gasteiger partial charge in [-0.15, -0.1) is 0 Å². The Morgan fingerprint density at radius 2 is 2.00 bits per heavy atom. The van der Waals surface area contributed by atoms with Gasteiger partial charge in [0.05, 0.1) is 5.69 Å². The molecule has 0 saturated carbocycles. The van der Waals surface area contributed by atoms with Gasteiger partial charge >= 0.3 is 0 Å². The number of nitrogens with two attached hydrogens (primary N) is 1. The van der Waals surface area contributed by atoms with E-state index in [0.717, 1.165) is 29.9 Å². The molecule has 0 bridgehead atoms. The van der Waals surface area contributed by atoms with E-state index < -0.39 is 0 Å². The van der Waals surface area contributed by atoms with Crippen LogP contribution in [0.4, 0.5) is 0 Å². The van der Waals surface area contributed by atoms with Crippen LogP contribution in [0.15, 0.2) is 18.9 Å². The van der Waals surface area contributed by atoms with Gasteiger partial charge < -0.3 is 15.7 Å². The third-order valence-corrected chi connectivity index (χ3v) is 3.92. The van der Waals surface area contributed by atoms with Crippen LogP contribution >= 0.6 is 0 Å². The Morgan fingerprint density at radius 3 is 2.45 bits per heavy atom. The maximum Gasteiger partial charge on any atom is 0.140 e. The van der Waals surface area contributed by atoms with Gasteiger partial charge in [-0.1, -0.05) is 41.2 Å². The molecule has 0 aliphatic heterocycles. The van der Waals surface area contributed by atoms with E-state index in [1.165, 1.54) is 6.21 Å². The van der Waals surface area contributed by atoms with E-state index in [-0.39, 0.29) is 10.8 Å². The summed E-state index contributed by atoms with van der Waals surface area (Å²) in [4.78, 5) is 4.83. The number of aromatic nitrogens is 2. The molecule has 0 fully saturated rings. The van der Waals surface area contributed by atoms with Crippen LogP contribution in [0.5, 0.6) is 0 Å². The zero-order valence-electron chi connectivity index (χ0n) is 14.6. The van der Waals surface area contributed by atoms with E-state index >= 15 is 0 Å². The second-order valence-corrected chi connectivity index (χ2v) is 7.31. The lowest BCUT2D eigenvalue weighted by atomic mass is 9.79. The predicted molar refractivity (Wildman–Crippen MR) is 96.1 cm³/mol. The van der Waals surface area contributed by atoms with Crippen molar-refractivity contribution in [2.75, 3.05) is 6.54 Å². The van der Waals surface area contributed by atoms with Crippen molar-refractivity contribution in [3.05, 3.63) is 30.4 Å². The number of allylic oxidation sites excluding steroid dienone is 2. The summed E-state index contributed by atoms with van der Waals surface area (Å²) in [7, 11) is 0. The van der Waals surface area contributed by atoms with Gasteiger partial charge in [-0.2, -0.15) is 0 Å². The monoisotopic (exact) mass is 302 g/mol. The summed E-state index contributed by atoms with van der Waals surface area (Å²) in [5.41, 5.74) is 7.61. The Bertz CT molecular complexity index is 556. The molecule has 4 heteroatoms. The van der Waals surface area contributed by atoms with Crippen molar-refractivity contribution >= 4 is 18.0 Å². The van der Waals surface area contributed by atoms with Crippen LogP contribution in [0, 0.1) is 10.8 Å². The van der Waals surface area contributed by atoms with Crippen molar-refractivity contribution in [2.45, 2.75) is 52.9 Å². The van der Waals surface area contributed by atoms with Crippen LogP contribution in [-0.2, 0) is 5.41 Å². The Hall–Kier alpha value is -1.68. The highest BCUT2D eigenvalue weighted by Gasteiger charge is 2.29. The van der Waals surface area contributed by atoms with Gasteiger partial charge in [-0.25, -0.2) is 4.98 Å². The van der Waals surface area contributed by atoms with Crippen molar-refractivity contribution in [3.63, 3.8) is 0 Å². The first kappa shape index (κ1) is 18.4. The quantitative estimate of drug-likeness (QED) is 0.745. The maximum atomic E-state index is 7.51. The normalized spacial score (nSPS) is 13.3. The van der Waals surface area contributed by atoms with Gasteiger partial charge in [0.15, 0.2) is 0 Å². The number of hydrogen-bond donors (Lipinski definition) is 2. The molecule has 1 aromatic rings. The fourth-order valence-electron chi connectivity index (χ4n) is 2.46. The van der Waals surface area contributed by atoms with E-state index in [4.69, 9.17) is 16.1 Å². The summed E-state index contributed by atoms with van der Waals surface area (Å²) in [6.07, 6.45) is 8.87. The second kappa shape index (κ2) is 7.05. The Labute approximate surface area is 134 Å². The van der Waals surface area contributed by atoms with Crippen LogP contribution < -0.4 is 5.73 Å². The molecule has 0 aromatic carbocycles. The zero-order chi connectivity index (χ0) is 17.0. The van der Waals surface area contributed by atoms with Gasteiger partial charge in [-0.05, 0) is 30.9 Å². The molecule has 0 radical (unpaired) electrons. The summed E-state index contributed by atoms with van der Waals surface area (Å²) in [6.45, 7) is 15.4. The minimum absolute atomic E-state index is 0.0276. The van der Waals surface area contributed by atoms with E-state index in [9.17, 15) is 0 Å². The van der Waals surface area contributed by atoms with Crippen molar-refractivity contribution in [2.24, 2.45) is 11.1 Å². The van der Waals surface area contributed by atoms with Crippen molar-refractivity contribution in [1.29, 1.82) is 5.41 Å². The average molecular weight is 302 g/mol. The molecule has 22 heavy (non-hydrogen) atoms. The molecular formula is C18H30N4. The van der Waals surface area contributed by atoms with E-state index in [0.29, 0.717) is 6.54 Å². The van der Waals surface area contributed by atoms with E-state index in [1.807, 2.05) is 16.8 Å². The third kappa shape index (κ3) is 4.17. The van der Waals surface area contributed by atoms with Crippen LogP contribution in [0.25, 0.3) is 11.8 Å². The smallest absolute Gasteiger partial charge is 0.140 e. The third-order valence-electron chi connectivity index (χ3n) is 3.92. The van der Waals surface area contributed by atoms with Crippen LogP contribution in [0.1, 0.15) is 59.0 Å². The molecule has 0 aliphatic rings. The Kier molecular flexibility index (Phi) is 5.89. The lowest BCUT2D eigenvalue weighted by Crippen LogP contribution is -2.18. The topological polar surface area (TPSA) is 67.7 Å². The molecular weight excluding hydrogens is 272 g/mol. The lowest BCUT2D eigenvalue weighted by molar-refractivity contribution is 0.439. The van der Waals surface area contributed by atoms with Gasteiger partial charge in [0.25, 0.3) is 0 Å². The maximum absolute atomic E-state index is 7.51. The fourth-order valence-corrected chi connectivity index (χ4v) is 2.46. The molecule has 0 unspecified atom stereocenters. The average Bonchev–Trinajstić information content (AvgIpc) is 2.86. The van der Waals surface area contributed by atoms with Gasteiger partial charge in [0.2, 0.25) is 0 Å². The van der Waals surface area contributed by atoms with Crippen LogP contribution in [0.3, 0.4) is 0 Å². The second-order valence-electron chi connectivity index (χ2n) is 7.31. The molecule has 0 amide bonds. The first-order chi connectivity index (χ1) is 10.2. The summed E-state index contributed by atoms with van der Waals surface area (Å²) in [5.74, 6) is 0.866. The van der Waals surface area contributed by atoms with E-state index in [2.05, 4.69) is 41.2 Å². The lowest BCUT2D eigenvalue weighted by Gasteiger charge is -2.27. The first-order valence-electron chi connectivity index (χ1n) is 7.81. The van der Waals surface area contributed by atoms with Gasteiger partial charge in [0.1, 0.15) is 5.82 Å². The summed E-state index contributed by atoms with van der Waals surface area (Å²) >= 11 is 0. The summed E-state index contributed by atoms with van der Waals surface area (Å²) in [5, 5.41) is 7.51. The number of rotatable bonds is 7. The number of imidazole rings is 1. The molecule has 4 nitrogen and oxygen atoms in total. The Morgan fingerprint density at radius 1 is 1.36 bits per heavy atom. The highest BCUT2D eigenvalue weighted by Crippen LogP contribution is 2.38. The van der Waals surface area contributed by atoms with Crippen LogP contribution in [0.2, 0.25) is 0 Å². The molecule has 122 valence electrons. The minimum Gasteiger partial charge on any atom is -0.330 e. The molecule has 0 aliphatic carbocycles. The van der Waals surface area contributed by atoms with Crippen molar-refractivity contribution < 1.29 is 0 Å². The molecule has 0 atom stereocenters. The standard InChI is InChI=1S/C18H30N4/c1-7-22-13-15(17(2,3)4)21-16(22)14(9-12-20)18(5,6)10-8-11-19/h7,9,12-13,20H,1,8,10-11,19H2,2-6H3/b14-9+,20-12?. The summed E-state index contributed by atoms with van der Waals surface area (Å²) < 4.78 is 1.96. The number of hydrogen-bond acceptors (Lipinski definition) is 3. The highest BCUT2D eigenvalue weighted by molar-refractivity contribution is 5.83. The molecule has 0 saturated heterocycles. The number of nitrogens with one attached hydrogen (secondary N) is 1. The molecule has 1 rings (SSSR count). The fraction of sp³-hybridized carbons (Fsp3) is 0.556. The zero-order valence-corrected chi connectivity index (χ0v) is 14.6. The largest absolute Gasteiger partial charge is 0.330 e. The predicted octanol–water partition coefficient (Wildman–Crippen LogP) is 4.08. The van der Waals surface area contributed by atoms with Crippen molar-refractivity contribution in [1.82, 2.24) is 9.55 Å². The molecule has 0 spiro atoms. The molecule has 1 aromatic heterocycles. The van der Waals surface area contributed by atoms with Crippen LogP contribution in [-0.4, -0.2) is 22.3 Å². The minimum atomic E-state index is -0.0990. The van der Waals surface area contributed by atoms with Gasteiger partial charge in [-0.3, -0.25) is 0 Å².